The lowest BCUT2D eigenvalue weighted by Gasteiger charge is -2.61. The maximum Gasteiger partial charge on any atom is 0.303 e. The number of fused-ring (bicyclic) bond motifs is 7. The highest BCUT2D eigenvalue weighted by molar-refractivity contribution is 5.66. The summed E-state index contributed by atoms with van der Waals surface area (Å²) in [5, 5.41) is 23.8. The first-order chi connectivity index (χ1) is 16.6. The number of carbonyl (C=O) groups excluding carboxylic acids is 1. The molecule has 4 saturated carbocycles. The van der Waals surface area contributed by atoms with Crippen LogP contribution in [-0.4, -0.2) is 53.4 Å². The van der Waals surface area contributed by atoms with Crippen molar-refractivity contribution in [3.63, 3.8) is 0 Å². The van der Waals surface area contributed by atoms with Gasteiger partial charge in [-0.05, 0) is 104 Å². The number of esters is 1. The Balaban J connectivity index is 1.26. The van der Waals surface area contributed by atoms with E-state index in [1.807, 2.05) is 0 Å². The molecule has 0 bridgehead atoms. The molecule has 6 fully saturated rings. The summed E-state index contributed by atoms with van der Waals surface area (Å²) in [5.41, 5.74) is 0.00257. The zero-order valence-corrected chi connectivity index (χ0v) is 22.2. The zero-order chi connectivity index (χ0) is 24.8. The second-order valence-corrected chi connectivity index (χ2v) is 13.9. The van der Waals surface area contributed by atoms with E-state index in [-0.39, 0.29) is 48.1 Å². The topological polar surface area (TPSA) is 88.0 Å². The summed E-state index contributed by atoms with van der Waals surface area (Å²) in [7, 11) is 0. The fourth-order valence-electron chi connectivity index (χ4n) is 10.9. The predicted octanol–water partition coefficient (Wildman–Crippen LogP) is 3.88. The fourth-order valence-corrected chi connectivity index (χ4v) is 10.9. The SMILES string of the molecule is CC(=O)O[C@@H]1C[C@H](CO)CN[C@]12O[C@H]1C[C@H]3[C@@H]4CC[C@H]5C[C@@H](O)CC[C@]5(C)[C@H]4CC[C@]3(C)[C@H]1[C@@H]2C. The van der Waals surface area contributed by atoms with Crippen LogP contribution in [0.1, 0.15) is 85.5 Å². The van der Waals surface area contributed by atoms with E-state index in [4.69, 9.17) is 9.47 Å². The average molecular weight is 490 g/mol. The van der Waals surface area contributed by atoms with Gasteiger partial charge in [-0.3, -0.25) is 10.1 Å². The molecule has 0 amide bonds. The standard InChI is InChI=1S/C29H47NO5/c1-16-26-24(35-29(16)25(34-17(2)32)11-18(15-31)14-30-29)13-23-21-6-5-19-12-20(33)7-9-27(19,3)22(21)8-10-28(23,26)4/h16,18-26,30-31,33H,5-15H2,1-4H3/t16-,18-,19-,20-,21+,22-,23-,24-,25+,26-,27-,28-,29+/m0/s1. The maximum absolute atomic E-state index is 12.0. The monoisotopic (exact) mass is 489 g/mol. The lowest BCUT2D eigenvalue weighted by Crippen LogP contribution is -2.65. The minimum atomic E-state index is -0.638. The first-order valence-corrected chi connectivity index (χ1v) is 14.5. The van der Waals surface area contributed by atoms with Crippen LogP contribution in [0.2, 0.25) is 0 Å². The van der Waals surface area contributed by atoms with Gasteiger partial charge in [-0.2, -0.15) is 0 Å². The first-order valence-electron chi connectivity index (χ1n) is 14.5. The van der Waals surface area contributed by atoms with Gasteiger partial charge in [0.15, 0.2) is 5.72 Å². The lowest BCUT2D eigenvalue weighted by atomic mass is 9.44. The van der Waals surface area contributed by atoms with Gasteiger partial charge in [0.25, 0.3) is 0 Å². The van der Waals surface area contributed by atoms with Gasteiger partial charge in [0.05, 0.1) is 12.2 Å². The van der Waals surface area contributed by atoms with Gasteiger partial charge in [0.1, 0.15) is 6.10 Å². The van der Waals surface area contributed by atoms with E-state index in [0.29, 0.717) is 36.1 Å². The molecular weight excluding hydrogens is 442 g/mol. The highest BCUT2D eigenvalue weighted by atomic mass is 16.6. The normalized spacial score (nSPS) is 57.2. The van der Waals surface area contributed by atoms with Crippen LogP contribution in [0.25, 0.3) is 0 Å². The summed E-state index contributed by atoms with van der Waals surface area (Å²) in [6, 6.07) is 0. The summed E-state index contributed by atoms with van der Waals surface area (Å²) in [4.78, 5) is 12.0. The molecule has 0 aromatic heterocycles. The van der Waals surface area contributed by atoms with Crippen LogP contribution in [0.15, 0.2) is 0 Å². The number of carbonyl (C=O) groups is 1. The number of hydrogen-bond donors (Lipinski definition) is 3. The molecule has 35 heavy (non-hydrogen) atoms. The van der Waals surface area contributed by atoms with Crippen LogP contribution < -0.4 is 5.32 Å². The Labute approximate surface area is 210 Å². The summed E-state index contributed by atoms with van der Waals surface area (Å²) in [5.74, 6) is 3.46. The summed E-state index contributed by atoms with van der Waals surface area (Å²) < 4.78 is 12.9. The molecule has 2 heterocycles. The van der Waals surface area contributed by atoms with Gasteiger partial charge in [-0.1, -0.05) is 20.8 Å². The molecule has 6 heteroatoms. The lowest BCUT2D eigenvalue weighted by molar-refractivity contribution is -0.203. The Bertz CT molecular complexity index is 851. The summed E-state index contributed by atoms with van der Waals surface area (Å²) in [6.07, 6.45) is 9.85. The summed E-state index contributed by atoms with van der Waals surface area (Å²) in [6.45, 7) is 9.72. The maximum atomic E-state index is 12.0. The smallest absolute Gasteiger partial charge is 0.303 e. The number of aliphatic hydroxyl groups excluding tert-OH is 2. The third-order valence-corrected chi connectivity index (χ3v) is 12.5. The van der Waals surface area contributed by atoms with Crippen LogP contribution in [0, 0.1) is 52.3 Å². The van der Waals surface area contributed by atoms with Crippen LogP contribution in [0.5, 0.6) is 0 Å². The van der Waals surface area contributed by atoms with E-state index < -0.39 is 5.72 Å². The van der Waals surface area contributed by atoms with Gasteiger partial charge >= 0.3 is 5.97 Å². The number of ether oxygens (including phenoxy) is 2. The van der Waals surface area contributed by atoms with Crippen molar-refractivity contribution in [3.05, 3.63) is 0 Å². The Kier molecular flexibility index (Phi) is 5.92. The highest BCUT2D eigenvalue weighted by Gasteiger charge is 2.70. The molecule has 3 N–H and O–H groups in total. The Morgan fingerprint density at radius 2 is 1.83 bits per heavy atom. The molecule has 0 aromatic carbocycles. The van der Waals surface area contributed by atoms with Crippen LogP contribution in [-0.2, 0) is 14.3 Å². The molecule has 1 spiro atoms. The van der Waals surface area contributed by atoms with Crippen LogP contribution >= 0.6 is 0 Å². The van der Waals surface area contributed by atoms with E-state index in [0.717, 1.165) is 31.1 Å². The Morgan fingerprint density at radius 3 is 2.57 bits per heavy atom. The third kappa shape index (κ3) is 3.45. The molecule has 6 nitrogen and oxygen atoms in total. The van der Waals surface area contributed by atoms with E-state index >= 15 is 0 Å². The first kappa shape index (κ1) is 24.6. The third-order valence-electron chi connectivity index (χ3n) is 12.5. The molecule has 0 aromatic rings. The average Bonchev–Trinajstić information content (AvgIpc) is 3.26. The largest absolute Gasteiger partial charge is 0.458 e. The van der Waals surface area contributed by atoms with E-state index in [1.165, 1.54) is 39.0 Å². The molecule has 2 aliphatic heterocycles. The van der Waals surface area contributed by atoms with Crippen molar-refractivity contribution >= 4 is 5.97 Å². The number of aliphatic hydroxyl groups is 2. The molecule has 0 unspecified atom stereocenters. The Morgan fingerprint density at radius 1 is 1.06 bits per heavy atom. The number of piperidine rings is 1. The van der Waals surface area contributed by atoms with Gasteiger partial charge in [0, 0.05) is 26.0 Å². The minimum Gasteiger partial charge on any atom is -0.458 e. The molecule has 13 atom stereocenters. The molecule has 198 valence electrons. The second-order valence-electron chi connectivity index (χ2n) is 13.9. The van der Waals surface area contributed by atoms with Crippen LogP contribution in [0.3, 0.4) is 0 Å². The van der Waals surface area contributed by atoms with Crippen LogP contribution in [0.4, 0.5) is 0 Å². The zero-order valence-electron chi connectivity index (χ0n) is 22.2. The summed E-state index contributed by atoms with van der Waals surface area (Å²) >= 11 is 0. The van der Waals surface area contributed by atoms with E-state index in [1.54, 1.807) is 0 Å². The quantitative estimate of drug-likeness (QED) is 0.510. The molecule has 0 radical (unpaired) electrons. The second kappa shape index (κ2) is 8.41. The van der Waals surface area contributed by atoms with Crippen molar-refractivity contribution in [2.24, 2.45) is 52.3 Å². The van der Waals surface area contributed by atoms with Gasteiger partial charge in [0.2, 0.25) is 0 Å². The predicted molar refractivity (Wildman–Crippen MR) is 132 cm³/mol. The van der Waals surface area contributed by atoms with E-state index in [2.05, 4.69) is 26.1 Å². The van der Waals surface area contributed by atoms with Crippen molar-refractivity contribution in [2.45, 2.75) is 110 Å². The molecular formula is C29H47NO5. The van der Waals surface area contributed by atoms with Gasteiger partial charge in [-0.25, -0.2) is 0 Å². The van der Waals surface area contributed by atoms with Crippen molar-refractivity contribution < 1.29 is 24.5 Å². The minimum absolute atomic E-state index is 0.0879. The van der Waals surface area contributed by atoms with Gasteiger partial charge < -0.3 is 19.7 Å². The van der Waals surface area contributed by atoms with Crippen molar-refractivity contribution in [3.8, 4) is 0 Å². The molecule has 4 aliphatic carbocycles. The Hall–Kier alpha value is -0.690. The number of rotatable bonds is 2. The van der Waals surface area contributed by atoms with Crippen molar-refractivity contribution in [2.75, 3.05) is 13.2 Å². The number of nitrogens with one attached hydrogen (secondary N) is 1. The van der Waals surface area contributed by atoms with Crippen molar-refractivity contribution in [1.29, 1.82) is 0 Å². The van der Waals surface area contributed by atoms with E-state index in [9.17, 15) is 15.0 Å². The van der Waals surface area contributed by atoms with Gasteiger partial charge in [-0.15, -0.1) is 0 Å². The highest BCUT2D eigenvalue weighted by Crippen LogP contribution is 2.71. The fraction of sp³-hybridized carbons (Fsp3) is 0.966. The number of hydrogen-bond acceptors (Lipinski definition) is 6. The molecule has 6 rings (SSSR count). The molecule has 2 saturated heterocycles. The van der Waals surface area contributed by atoms with Crippen molar-refractivity contribution in [1.82, 2.24) is 5.32 Å². The molecule has 6 aliphatic rings.